The number of imide groups is 1. The molecule has 1 N–H and O–H groups in total. The molecule has 1 aromatic carbocycles. The number of benzene rings is 1. The molecule has 0 unspecified atom stereocenters. The van der Waals surface area contributed by atoms with Crippen molar-refractivity contribution in [3.8, 4) is 0 Å². The molecule has 1 aliphatic rings. The van der Waals surface area contributed by atoms with Gasteiger partial charge in [0.15, 0.2) is 0 Å². The number of hydrogen-bond donors (Lipinski definition) is 1. The van der Waals surface area contributed by atoms with Gasteiger partial charge in [-0.15, -0.1) is 0 Å². The van der Waals surface area contributed by atoms with Gasteiger partial charge in [-0.1, -0.05) is 29.8 Å². The van der Waals surface area contributed by atoms with Crippen LogP contribution in [0.1, 0.15) is 17.5 Å². The molecule has 0 bridgehead atoms. The van der Waals surface area contributed by atoms with Gasteiger partial charge in [0.1, 0.15) is 6.54 Å². The molecule has 0 spiro atoms. The molecule has 3 amide bonds. The summed E-state index contributed by atoms with van der Waals surface area (Å²) in [6.45, 7) is 2.70. The van der Waals surface area contributed by atoms with Gasteiger partial charge in [-0.2, -0.15) is 0 Å². The highest BCUT2D eigenvalue weighted by Gasteiger charge is 2.36. The van der Waals surface area contributed by atoms with Crippen LogP contribution < -0.4 is 5.32 Å². The lowest BCUT2D eigenvalue weighted by Gasteiger charge is -2.12. The number of carbonyl (C=O) groups is 3. The second-order valence-corrected chi connectivity index (χ2v) is 6.37. The van der Waals surface area contributed by atoms with Gasteiger partial charge in [-0.05, 0) is 36.7 Å². The first-order chi connectivity index (χ1) is 11.5. The fourth-order valence-corrected chi connectivity index (χ4v) is 2.93. The predicted octanol–water partition coefficient (Wildman–Crippen LogP) is 2.18. The normalized spacial score (nSPS) is 16.1. The standard InChI is InChI=1S/C17H20N2O4S/c1-12-4-6-13(7-5-12)10-14-16(21)19(17(22)24-14)11-15(20)18-8-3-9-23-2/h4-7,10H,3,8-9,11H2,1-2H3,(H,18,20)/b14-10-. The Morgan fingerprint density at radius 1 is 1.29 bits per heavy atom. The van der Waals surface area contributed by atoms with Crippen LogP contribution in [0.25, 0.3) is 6.08 Å². The lowest BCUT2D eigenvalue weighted by molar-refractivity contribution is -0.129. The van der Waals surface area contributed by atoms with Gasteiger partial charge in [0, 0.05) is 20.3 Å². The summed E-state index contributed by atoms with van der Waals surface area (Å²) in [4.78, 5) is 37.4. The van der Waals surface area contributed by atoms with Crippen molar-refractivity contribution in [2.75, 3.05) is 26.8 Å². The molecule has 128 valence electrons. The van der Waals surface area contributed by atoms with Crippen molar-refractivity contribution in [2.45, 2.75) is 13.3 Å². The Bertz CT molecular complexity index is 655. The van der Waals surface area contributed by atoms with Crippen molar-refractivity contribution in [1.82, 2.24) is 10.2 Å². The lowest BCUT2D eigenvalue weighted by atomic mass is 10.1. The minimum Gasteiger partial charge on any atom is -0.385 e. The van der Waals surface area contributed by atoms with Crippen LogP contribution in [0.15, 0.2) is 29.2 Å². The highest BCUT2D eigenvalue weighted by Crippen LogP contribution is 2.31. The number of methoxy groups -OCH3 is 1. The Morgan fingerprint density at radius 2 is 2.00 bits per heavy atom. The number of hydrogen-bond acceptors (Lipinski definition) is 5. The maximum Gasteiger partial charge on any atom is 0.294 e. The zero-order chi connectivity index (χ0) is 17.5. The van der Waals surface area contributed by atoms with E-state index >= 15 is 0 Å². The average molecular weight is 348 g/mol. The number of nitrogens with one attached hydrogen (secondary N) is 1. The van der Waals surface area contributed by atoms with Crippen molar-refractivity contribution in [1.29, 1.82) is 0 Å². The number of carbonyl (C=O) groups excluding carboxylic acids is 3. The second-order valence-electron chi connectivity index (χ2n) is 5.37. The Kier molecular flexibility index (Phi) is 6.57. The summed E-state index contributed by atoms with van der Waals surface area (Å²) >= 11 is 0.853. The molecule has 0 radical (unpaired) electrons. The van der Waals surface area contributed by atoms with Crippen LogP contribution in [0, 0.1) is 6.92 Å². The van der Waals surface area contributed by atoms with Gasteiger partial charge in [0.05, 0.1) is 4.91 Å². The Labute approximate surface area is 145 Å². The fraction of sp³-hybridized carbons (Fsp3) is 0.353. The van der Waals surface area contributed by atoms with Crippen molar-refractivity contribution < 1.29 is 19.1 Å². The van der Waals surface area contributed by atoms with E-state index in [1.165, 1.54) is 0 Å². The largest absolute Gasteiger partial charge is 0.385 e. The van der Waals surface area contributed by atoms with Crippen LogP contribution in [0.4, 0.5) is 4.79 Å². The van der Waals surface area contributed by atoms with E-state index in [-0.39, 0.29) is 12.5 Å². The summed E-state index contributed by atoms with van der Waals surface area (Å²) < 4.78 is 4.89. The van der Waals surface area contributed by atoms with E-state index in [2.05, 4.69) is 5.32 Å². The Morgan fingerprint density at radius 3 is 2.67 bits per heavy atom. The van der Waals surface area contributed by atoms with Gasteiger partial charge >= 0.3 is 0 Å². The minimum absolute atomic E-state index is 0.261. The van der Waals surface area contributed by atoms with Crippen molar-refractivity contribution in [2.24, 2.45) is 0 Å². The second kappa shape index (κ2) is 8.65. The van der Waals surface area contributed by atoms with Crippen LogP contribution in [-0.4, -0.2) is 48.8 Å². The molecule has 1 aliphatic heterocycles. The van der Waals surface area contributed by atoms with E-state index < -0.39 is 11.1 Å². The van der Waals surface area contributed by atoms with Gasteiger partial charge < -0.3 is 10.1 Å². The number of rotatable bonds is 7. The van der Waals surface area contributed by atoms with Gasteiger partial charge in [-0.25, -0.2) is 0 Å². The first-order valence-corrected chi connectivity index (χ1v) is 8.40. The number of amides is 3. The van der Waals surface area contributed by atoms with Gasteiger partial charge in [-0.3, -0.25) is 19.3 Å². The summed E-state index contributed by atoms with van der Waals surface area (Å²) in [5, 5.41) is 2.24. The average Bonchev–Trinajstić information content (AvgIpc) is 2.81. The third kappa shape index (κ3) is 4.94. The van der Waals surface area contributed by atoms with Crippen LogP contribution in [0.5, 0.6) is 0 Å². The summed E-state index contributed by atoms with van der Waals surface area (Å²) in [6.07, 6.45) is 2.35. The number of nitrogens with zero attached hydrogens (tertiary/aromatic N) is 1. The van der Waals surface area contributed by atoms with Crippen molar-refractivity contribution in [3.63, 3.8) is 0 Å². The molecule has 1 heterocycles. The molecule has 1 saturated heterocycles. The smallest absolute Gasteiger partial charge is 0.294 e. The molecule has 0 aromatic heterocycles. The Hall–Kier alpha value is -2.12. The minimum atomic E-state index is -0.433. The van der Waals surface area contributed by atoms with Crippen LogP contribution in [0.2, 0.25) is 0 Å². The van der Waals surface area contributed by atoms with Gasteiger partial charge in [0.25, 0.3) is 11.1 Å². The van der Waals surface area contributed by atoms with E-state index in [0.29, 0.717) is 24.5 Å². The van der Waals surface area contributed by atoms with Crippen LogP contribution in [-0.2, 0) is 14.3 Å². The molecule has 0 atom stereocenters. The third-order valence-electron chi connectivity index (χ3n) is 3.40. The third-order valence-corrected chi connectivity index (χ3v) is 4.31. The van der Waals surface area contributed by atoms with Crippen LogP contribution in [0.3, 0.4) is 0 Å². The molecule has 0 aliphatic carbocycles. The van der Waals surface area contributed by atoms with E-state index in [1.54, 1.807) is 13.2 Å². The van der Waals surface area contributed by atoms with E-state index in [0.717, 1.165) is 27.8 Å². The summed E-state index contributed by atoms with van der Waals surface area (Å²) in [6, 6.07) is 7.63. The van der Waals surface area contributed by atoms with E-state index in [1.807, 2.05) is 31.2 Å². The first-order valence-electron chi connectivity index (χ1n) is 7.59. The van der Waals surface area contributed by atoms with E-state index in [9.17, 15) is 14.4 Å². The van der Waals surface area contributed by atoms with E-state index in [4.69, 9.17) is 4.74 Å². The SMILES string of the molecule is COCCCNC(=O)CN1C(=O)S/C(=C\c2ccc(C)cc2)C1=O. The lowest BCUT2D eigenvalue weighted by Crippen LogP contribution is -2.39. The highest BCUT2D eigenvalue weighted by molar-refractivity contribution is 8.18. The number of aryl methyl sites for hydroxylation is 1. The Balaban J connectivity index is 1.96. The summed E-state index contributed by atoms with van der Waals surface area (Å²) in [5.74, 6) is -0.789. The summed E-state index contributed by atoms with van der Waals surface area (Å²) in [7, 11) is 1.59. The number of ether oxygens (including phenoxy) is 1. The monoisotopic (exact) mass is 348 g/mol. The molecule has 24 heavy (non-hydrogen) atoms. The van der Waals surface area contributed by atoms with Crippen LogP contribution >= 0.6 is 11.8 Å². The zero-order valence-corrected chi connectivity index (χ0v) is 14.5. The molecule has 1 fully saturated rings. The molecule has 1 aromatic rings. The van der Waals surface area contributed by atoms with Crippen molar-refractivity contribution >= 4 is 34.9 Å². The molecule has 6 nitrogen and oxygen atoms in total. The molecule has 2 rings (SSSR count). The first kappa shape index (κ1) is 18.2. The molecular weight excluding hydrogens is 328 g/mol. The summed E-state index contributed by atoms with van der Waals surface area (Å²) in [5.41, 5.74) is 1.96. The molecule has 0 saturated carbocycles. The van der Waals surface area contributed by atoms with Gasteiger partial charge in [0.2, 0.25) is 5.91 Å². The predicted molar refractivity (Wildman–Crippen MR) is 93.4 cm³/mol. The maximum atomic E-state index is 12.3. The maximum absolute atomic E-state index is 12.3. The molecular formula is C17H20N2O4S. The topological polar surface area (TPSA) is 75.7 Å². The quantitative estimate of drug-likeness (QED) is 0.604. The fourth-order valence-electron chi connectivity index (χ4n) is 2.09. The highest BCUT2D eigenvalue weighted by atomic mass is 32.2. The zero-order valence-electron chi connectivity index (χ0n) is 13.7. The number of thioether (sulfide) groups is 1. The molecule has 7 heteroatoms. The van der Waals surface area contributed by atoms with Crippen molar-refractivity contribution in [3.05, 3.63) is 40.3 Å².